The fraction of sp³-hybridized carbons (Fsp3) is 0.400. The highest BCUT2D eigenvalue weighted by Crippen LogP contribution is 2.35. The number of ether oxygens (including phenoxy) is 1. The van der Waals surface area contributed by atoms with Crippen LogP contribution in [0.25, 0.3) is 10.6 Å². The standard InChI is InChI=1S/C10H12N2OS2/c1-6(2)8-4-11-10(15-8)7-5-14-12-9(7)13-3/h4-6H,1-3H3. The average Bonchev–Trinajstić information content (AvgIpc) is 2.85. The number of nitrogens with zero attached hydrogens (tertiary/aromatic N) is 2. The predicted molar refractivity (Wildman–Crippen MR) is 63.9 cm³/mol. The molecule has 0 amide bonds. The largest absolute Gasteiger partial charge is 0.480 e. The summed E-state index contributed by atoms with van der Waals surface area (Å²) in [5.41, 5.74) is 0.999. The molecule has 0 bridgehead atoms. The van der Waals surface area contributed by atoms with Crippen molar-refractivity contribution in [1.82, 2.24) is 9.36 Å². The molecule has 0 aliphatic heterocycles. The van der Waals surface area contributed by atoms with Gasteiger partial charge in [-0.2, -0.15) is 4.37 Å². The number of hydrogen-bond donors (Lipinski definition) is 0. The quantitative estimate of drug-likeness (QED) is 0.824. The molecule has 80 valence electrons. The van der Waals surface area contributed by atoms with Crippen molar-refractivity contribution >= 4 is 22.9 Å². The third-order valence-corrected chi connectivity index (χ3v) is 4.00. The maximum absolute atomic E-state index is 5.18. The van der Waals surface area contributed by atoms with E-state index in [0.29, 0.717) is 11.8 Å². The lowest BCUT2D eigenvalue weighted by atomic mass is 10.2. The van der Waals surface area contributed by atoms with E-state index in [1.807, 2.05) is 11.6 Å². The molecule has 0 saturated carbocycles. The van der Waals surface area contributed by atoms with E-state index >= 15 is 0 Å². The third kappa shape index (κ3) is 2.03. The van der Waals surface area contributed by atoms with Gasteiger partial charge in [0.2, 0.25) is 5.88 Å². The highest BCUT2D eigenvalue weighted by atomic mass is 32.1. The molecule has 2 aromatic heterocycles. The molecule has 2 rings (SSSR count). The maximum Gasteiger partial charge on any atom is 0.235 e. The molecule has 0 unspecified atom stereocenters. The summed E-state index contributed by atoms with van der Waals surface area (Å²) >= 11 is 3.10. The van der Waals surface area contributed by atoms with Crippen molar-refractivity contribution in [3.05, 3.63) is 16.5 Å². The molecule has 0 aliphatic carbocycles. The minimum absolute atomic E-state index is 0.522. The molecular formula is C10H12N2OS2. The van der Waals surface area contributed by atoms with Crippen molar-refractivity contribution in [2.45, 2.75) is 19.8 Å². The smallest absolute Gasteiger partial charge is 0.235 e. The molecule has 0 fully saturated rings. The van der Waals surface area contributed by atoms with E-state index in [9.17, 15) is 0 Å². The van der Waals surface area contributed by atoms with Gasteiger partial charge in [0.1, 0.15) is 5.01 Å². The molecule has 0 radical (unpaired) electrons. The molecule has 2 aromatic rings. The van der Waals surface area contributed by atoms with Crippen LogP contribution < -0.4 is 4.74 Å². The van der Waals surface area contributed by atoms with Gasteiger partial charge in [0.25, 0.3) is 0 Å². The van der Waals surface area contributed by atoms with Crippen LogP contribution in [0.3, 0.4) is 0 Å². The Hall–Kier alpha value is -0.940. The number of thiazole rings is 1. The molecular weight excluding hydrogens is 228 g/mol. The molecule has 0 aliphatic rings. The van der Waals surface area contributed by atoms with E-state index in [1.165, 1.54) is 16.4 Å². The third-order valence-electron chi connectivity index (χ3n) is 2.05. The summed E-state index contributed by atoms with van der Waals surface area (Å²) in [7, 11) is 1.63. The highest BCUT2D eigenvalue weighted by molar-refractivity contribution is 7.15. The van der Waals surface area contributed by atoms with Crippen LogP contribution in [0.4, 0.5) is 0 Å². The summed E-state index contributed by atoms with van der Waals surface area (Å²) in [5, 5.41) is 2.96. The maximum atomic E-state index is 5.18. The van der Waals surface area contributed by atoms with E-state index in [4.69, 9.17) is 4.74 Å². The molecule has 2 heterocycles. The van der Waals surface area contributed by atoms with Crippen molar-refractivity contribution in [2.24, 2.45) is 0 Å². The molecule has 0 spiro atoms. The van der Waals surface area contributed by atoms with Crippen molar-refractivity contribution in [1.29, 1.82) is 0 Å². The average molecular weight is 240 g/mol. The first-order valence-electron chi connectivity index (χ1n) is 4.67. The van der Waals surface area contributed by atoms with Crippen LogP contribution in [0.2, 0.25) is 0 Å². The van der Waals surface area contributed by atoms with Crippen molar-refractivity contribution in [3.63, 3.8) is 0 Å². The summed E-state index contributed by atoms with van der Waals surface area (Å²) in [5.74, 6) is 1.19. The van der Waals surface area contributed by atoms with Gasteiger partial charge in [0, 0.05) is 16.5 Å². The highest BCUT2D eigenvalue weighted by Gasteiger charge is 2.13. The van der Waals surface area contributed by atoms with Gasteiger partial charge in [-0.3, -0.25) is 0 Å². The van der Waals surface area contributed by atoms with Crippen molar-refractivity contribution in [3.8, 4) is 16.5 Å². The van der Waals surface area contributed by atoms with Crippen LogP contribution in [0, 0.1) is 0 Å². The Morgan fingerprint density at radius 1 is 1.40 bits per heavy atom. The van der Waals surface area contributed by atoms with Crippen LogP contribution in [0.5, 0.6) is 5.88 Å². The van der Waals surface area contributed by atoms with Gasteiger partial charge in [-0.05, 0) is 17.5 Å². The Labute approximate surface area is 96.9 Å². The van der Waals surface area contributed by atoms with Gasteiger partial charge in [-0.25, -0.2) is 4.98 Å². The second-order valence-corrected chi connectivity index (χ2v) is 5.15. The minimum atomic E-state index is 0.522. The van der Waals surface area contributed by atoms with Gasteiger partial charge in [0.05, 0.1) is 12.7 Å². The SMILES string of the molecule is COc1nscc1-c1ncc(C(C)C)s1. The van der Waals surface area contributed by atoms with Crippen molar-refractivity contribution in [2.75, 3.05) is 7.11 Å². The van der Waals surface area contributed by atoms with Crippen molar-refractivity contribution < 1.29 is 4.74 Å². The normalized spacial score (nSPS) is 10.9. The van der Waals surface area contributed by atoms with Gasteiger partial charge in [-0.15, -0.1) is 11.3 Å². The Balaban J connectivity index is 2.37. The van der Waals surface area contributed by atoms with Crippen LogP contribution >= 0.6 is 22.9 Å². The summed E-state index contributed by atoms with van der Waals surface area (Å²) < 4.78 is 9.33. The zero-order valence-corrected chi connectivity index (χ0v) is 10.5. The van der Waals surface area contributed by atoms with Gasteiger partial charge in [-0.1, -0.05) is 13.8 Å². The molecule has 0 atom stereocenters. The first kappa shape index (κ1) is 10.6. The summed E-state index contributed by atoms with van der Waals surface area (Å²) in [4.78, 5) is 5.68. The minimum Gasteiger partial charge on any atom is -0.480 e. The Bertz CT molecular complexity index is 448. The topological polar surface area (TPSA) is 35.0 Å². The monoisotopic (exact) mass is 240 g/mol. The molecule has 5 heteroatoms. The van der Waals surface area contributed by atoms with Gasteiger partial charge < -0.3 is 4.74 Å². The molecule has 0 saturated heterocycles. The summed E-state index contributed by atoms with van der Waals surface area (Å²) in [6.45, 7) is 4.33. The Morgan fingerprint density at radius 2 is 2.20 bits per heavy atom. The molecule has 3 nitrogen and oxygen atoms in total. The Kier molecular flexibility index (Phi) is 3.02. The second kappa shape index (κ2) is 4.28. The van der Waals surface area contributed by atoms with Gasteiger partial charge >= 0.3 is 0 Å². The number of rotatable bonds is 3. The van der Waals surface area contributed by atoms with E-state index in [0.717, 1.165) is 10.6 Å². The lowest BCUT2D eigenvalue weighted by Crippen LogP contribution is -1.84. The molecule has 0 N–H and O–H groups in total. The molecule has 15 heavy (non-hydrogen) atoms. The van der Waals surface area contributed by atoms with Crippen LogP contribution in [-0.4, -0.2) is 16.5 Å². The van der Waals surface area contributed by atoms with E-state index in [1.54, 1.807) is 18.4 Å². The first-order valence-corrected chi connectivity index (χ1v) is 6.32. The van der Waals surface area contributed by atoms with E-state index in [2.05, 4.69) is 23.2 Å². The fourth-order valence-electron chi connectivity index (χ4n) is 1.19. The van der Waals surface area contributed by atoms with E-state index < -0.39 is 0 Å². The summed E-state index contributed by atoms with van der Waals surface area (Å²) in [6.07, 6.45) is 1.93. The second-order valence-electron chi connectivity index (χ2n) is 3.46. The lowest BCUT2D eigenvalue weighted by molar-refractivity contribution is 0.404. The van der Waals surface area contributed by atoms with Gasteiger partial charge in [0.15, 0.2) is 0 Å². The van der Waals surface area contributed by atoms with Crippen LogP contribution in [0.15, 0.2) is 11.6 Å². The van der Waals surface area contributed by atoms with E-state index in [-0.39, 0.29) is 0 Å². The van der Waals surface area contributed by atoms with Crippen LogP contribution in [-0.2, 0) is 0 Å². The number of aromatic nitrogens is 2. The zero-order valence-electron chi connectivity index (χ0n) is 8.85. The zero-order chi connectivity index (χ0) is 10.8. The van der Waals surface area contributed by atoms with Crippen LogP contribution in [0.1, 0.15) is 24.6 Å². The lowest BCUT2D eigenvalue weighted by Gasteiger charge is -1.97. The first-order chi connectivity index (χ1) is 7.22. The summed E-state index contributed by atoms with van der Waals surface area (Å²) in [6, 6.07) is 0. The molecule has 0 aromatic carbocycles. The predicted octanol–water partition coefficient (Wildman–Crippen LogP) is 3.40. The number of hydrogen-bond acceptors (Lipinski definition) is 5. The fourth-order valence-corrected chi connectivity index (χ4v) is 2.83. The Morgan fingerprint density at radius 3 is 2.80 bits per heavy atom. The number of methoxy groups -OCH3 is 1.